The molecule has 0 aromatic heterocycles. The van der Waals surface area contributed by atoms with Crippen LogP contribution in [0, 0.1) is 0 Å². The van der Waals surface area contributed by atoms with Crippen LogP contribution >= 0.6 is 12.4 Å². The third-order valence-corrected chi connectivity index (χ3v) is 4.53. The van der Waals surface area contributed by atoms with Crippen molar-refractivity contribution in [1.29, 1.82) is 0 Å². The quantitative estimate of drug-likeness (QED) is 0.839. The van der Waals surface area contributed by atoms with Crippen molar-refractivity contribution in [3.8, 4) is 0 Å². The monoisotopic (exact) mass is 330 g/mol. The van der Waals surface area contributed by atoms with Gasteiger partial charge in [-0.2, -0.15) is 0 Å². The topological polar surface area (TPSA) is 32.3 Å². The molecule has 0 unspecified atom stereocenters. The normalized spacial score (nSPS) is 19.4. The standard InChI is InChI=1S/C19H22N2O.ClH/c1-19(13-8-14-20-2)16-11-6-7-12-17(16)21(18(19)22)15-9-4-3-5-10-15;/h3-7,9-12,20H,8,13-14H2,1-2H3;1H/t19-;/m0./s1. The first-order valence-corrected chi connectivity index (χ1v) is 7.82. The molecule has 0 spiro atoms. The fourth-order valence-electron chi connectivity index (χ4n) is 3.30. The van der Waals surface area contributed by atoms with Gasteiger partial charge in [-0.1, -0.05) is 36.4 Å². The van der Waals surface area contributed by atoms with Crippen LogP contribution in [0.5, 0.6) is 0 Å². The Hall–Kier alpha value is -1.84. The lowest BCUT2D eigenvalue weighted by molar-refractivity contribution is -0.122. The molecule has 0 saturated heterocycles. The van der Waals surface area contributed by atoms with Gasteiger partial charge >= 0.3 is 0 Å². The molecule has 3 nitrogen and oxygen atoms in total. The Morgan fingerprint density at radius 1 is 1.04 bits per heavy atom. The van der Waals surface area contributed by atoms with E-state index >= 15 is 0 Å². The molecule has 3 rings (SSSR count). The second-order valence-corrected chi connectivity index (χ2v) is 6.03. The zero-order valence-electron chi connectivity index (χ0n) is 13.6. The molecule has 1 N–H and O–H groups in total. The summed E-state index contributed by atoms with van der Waals surface area (Å²) in [5.41, 5.74) is 2.66. The highest BCUT2D eigenvalue weighted by Gasteiger charge is 2.47. The number of hydrogen-bond acceptors (Lipinski definition) is 2. The molecule has 2 aromatic carbocycles. The summed E-state index contributed by atoms with van der Waals surface area (Å²) in [5, 5.41) is 3.17. The average molecular weight is 331 g/mol. The maximum Gasteiger partial charge on any atom is 0.241 e. The molecule has 0 saturated carbocycles. The highest BCUT2D eigenvalue weighted by atomic mass is 35.5. The summed E-state index contributed by atoms with van der Waals surface area (Å²) in [6.07, 6.45) is 1.84. The van der Waals surface area contributed by atoms with Gasteiger partial charge in [0, 0.05) is 5.69 Å². The molecule has 1 aliphatic rings. The van der Waals surface area contributed by atoms with E-state index < -0.39 is 5.41 Å². The number of nitrogens with zero attached hydrogens (tertiary/aromatic N) is 1. The number of nitrogens with one attached hydrogen (secondary N) is 1. The van der Waals surface area contributed by atoms with Gasteiger partial charge in [0.2, 0.25) is 5.91 Å². The van der Waals surface area contributed by atoms with Crippen LogP contribution in [-0.4, -0.2) is 19.5 Å². The van der Waals surface area contributed by atoms with Crippen molar-refractivity contribution in [2.45, 2.75) is 25.2 Å². The maximum atomic E-state index is 13.2. The van der Waals surface area contributed by atoms with Crippen molar-refractivity contribution < 1.29 is 4.79 Å². The third-order valence-electron chi connectivity index (χ3n) is 4.53. The minimum atomic E-state index is -0.441. The van der Waals surface area contributed by atoms with E-state index in [9.17, 15) is 4.79 Å². The van der Waals surface area contributed by atoms with Gasteiger partial charge in [-0.15, -0.1) is 12.4 Å². The summed E-state index contributed by atoms with van der Waals surface area (Å²) in [7, 11) is 1.95. The number of para-hydroxylation sites is 2. The Morgan fingerprint density at radius 3 is 2.39 bits per heavy atom. The molecule has 0 aliphatic carbocycles. The number of benzene rings is 2. The van der Waals surface area contributed by atoms with E-state index in [0.717, 1.165) is 36.3 Å². The summed E-state index contributed by atoms with van der Waals surface area (Å²) in [5.74, 6) is 0.177. The highest BCUT2D eigenvalue weighted by molar-refractivity contribution is 6.12. The molecule has 1 heterocycles. The van der Waals surface area contributed by atoms with E-state index in [4.69, 9.17) is 0 Å². The Labute approximate surface area is 144 Å². The summed E-state index contributed by atoms with van der Waals surface area (Å²) < 4.78 is 0. The smallest absolute Gasteiger partial charge is 0.241 e. The maximum absolute atomic E-state index is 13.2. The number of carbonyl (C=O) groups is 1. The Morgan fingerprint density at radius 2 is 1.70 bits per heavy atom. The number of fused-ring (bicyclic) bond motifs is 1. The zero-order chi connectivity index (χ0) is 15.6. The first kappa shape index (κ1) is 17.5. The predicted molar refractivity (Wildman–Crippen MR) is 97.8 cm³/mol. The molecule has 1 aliphatic heterocycles. The van der Waals surface area contributed by atoms with E-state index in [1.807, 2.05) is 60.5 Å². The molecular formula is C19H23ClN2O. The zero-order valence-corrected chi connectivity index (χ0v) is 14.4. The largest absolute Gasteiger partial charge is 0.320 e. The van der Waals surface area contributed by atoms with Crippen LogP contribution in [-0.2, 0) is 10.2 Å². The minimum absolute atomic E-state index is 0. The number of anilines is 2. The third kappa shape index (κ3) is 2.99. The van der Waals surface area contributed by atoms with Crippen molar-refractivity contribution >= 4 is 29.7 Å². The van der Waals surface area contributed by atoms with Crippen LogP contribution in [0.2, 0.25) is 0 Å². The number of carbonyl (C=O) groups excluding carboxylic acids is 1. The van der Waals surface area contributed by atoms with E-state index in [-0.39, 0.29) is 18.3 Å². The van der Waals surface area contributed by atoms with Gasteiger partial charge in [-0.25, -0.2) is 0 Å². The van der Waals surface area contributed by atoms with Gasteiger partial charge in [-0.05, 0) is 57.1 Å². The van der Waals surface area contributed by atoms with Crippen LogP contribution < -0.4 is 10.2 Å². The SMILES string of the molecule is CNCCC[C@]1(C)C(=O)N(c2ccccc2)c2ccccc21.Cl. The summed E-state index contributed by atoms with van der Waals surface area (Å²) in [6.45, 7) is 3.00. The van der Waals surface area contributed by atoms with E-state index in [2.05, 4.69) is 18.3 Å². The molecule has 0 fully saturated rings. The van der Waals surface area contributed by atoms with Crippen LogP contribution in [0.15, 0.2) is 54.6 Å². The highest BCUT2D eigenvalue weighted by Crippen LogP contribution is 2.47. The minimum Gasteiger partial charge on any atom is -0.320 e. The molecule has 1 amide bonds. The first-order valence-electron chi connectivity index (χ1n) is 7.82. The fraction of sp³-hybridized carbons (Fsp3) is 0.316. The predicted octanol–water partition coefficient (Wildman–Crippen LogP) is 4.04. The van der Waals surface area contributed by atoms with Crippen LogP contribution in [0.25, 0.3) is 0 Å². The molecule has 23 heavy (non-hydrogen) atoms. The number of amides is 1. The van der Waals surface area contributed by atoms with Crippen molar-refractivity contribution in [2.24, 2.45) is 0 Å². The molecule has 0 bridgehead atoms. The molecular weight excluding hydrogens is 308 g/mol. The molecule has 0 radical (unpaired) electrons. The lowest BCUT2D eigenvalue weighted by Crippen LogP contribution is -2.36. The lowest BCUT2D eigenvalue weighted by Gasteiger charge is -2.24. The molecule has 1 atom stereocenters. The van der Waals surface area contributed by atoms with Crippen molar-refractivity contribution in [1.82, 2.24) is 5.32 Å². The van der Waals surface area contributed by atoms with Gasteiger partial charge in [0.05, 0.1) is 11.1 Å². The van der Waals surface area contributed by atoms with Crippen LogP contribution in [0.3, 0.4) is 0 Å². The Kier molecular flexibility index (Phi) is 5.45. The van der Waals surface area contributed by atoms with Crippen LogP contribution in [0.1, 0.15) is 25.3 Å². The fourth-order valence-corrected chi connectivity index (χ4v) is 3.30. The molecule has 4 heteroatoms. The number of halogens is 1. The van der Waals surface area contributed by atoms with Gasteiger partial charge in [0.15, 0.2) is 0 Å². The van der Waals surface area contributed by atoms with E-state index in [1.165, 1.54) is 0 Å². The summed E-state index contributed by atoms with van der Waals surface area (Å²) in [4.78, 5) is 15.1. The molecule has 2 aromatic rings. The van der Waals surface area contributed by atoms with E-state index in [1.54, 1.807) is 0 Å². The van der Waals surface area contributed by atoms with E-state index in [0.29, 0.717) is 0 Å². The van der Waals surface area contributed by atoms with Gasteiger partial charge in [0.25, 0.3) is 0 Å². The lowest BCUT2D eigenvalue weighted by atomic mass is 9.79. The van der Waals surface area contributed by atoms with Crippen molar-refractivity contribution in [3.63, 3.8) is 0 Å². The average Bonchev–Trinajstić information content (AvgIpc) is 2.77. The summed E-state index contributed by atoms with van der Waals surface area (Å²) >= 11 is 0. The Bertz CT molecular complexity index is 674. The first-order chi connectivity index (χ1) is 10.7. The number of rotatable bonds is 5. The van der Waals surface area contributed by atoms with Gasteiger partial charge in [-0.3, -0.25) is 9.69 Å². The van der Waals surface area contributed by atoms with Gasteiger partial charge in [0.1, 0.15) is 0 Å². The number of hydrogen-bond donors (Lipinski definition) is 1. The second kappa shape index (κ2) is 7.16. The molecule has 122 valence electrons. The van der Waals surface area contributed by atoms with Crippen molar-refractivity contribution in [3.05, 3.63) is 60.2 Å². The Balaban J connectivity index is 0.00000192. The van der Waals surface area contributed by atoms with Crippen LogP contribution in [0.4, 0.5) is 11.4 Å². The van der Waals surface area contributed by atoms with Gasteiger partial charge < -0.3 is 5.32 Å². The van der Waals surface area contributed by atoms with Crippen molar-refractivity contribution in [2.75, 3.05) is 18.5 Å². The second-order valence-electron chi connectivity index (χ2n) is 6.03. The summed E-state index contributed by atoms with van der Waals surface area (Å²) in [6, 6.07) is 18.1.